The number of hydrogen-bond donors (Lipinski definition) is 1. The summed E-state index contributed by atoms with van der Waals surface area (Å²) in [5.74, 6) is 0. The zero-order valence-electron chi connectivity index (χ0n) is 12.6. The van der Waals surface area contributed by atoms with Crippen molar-refractivity contribution in [1.82, 2.24) is 9.78 Å². The molecule has 0 radical (unpaired) electrons. The van der Waals surface area contributed by atoms with Gasteiger partial charge in [-0.25, -0.2) is 8.42 Å². The molecular weight excluding hydrogens is 344 g/mol. The second-order valence-corrected chi connectivity index (χ2v) is 8.86. The number of hydrogen-bond acceptors (Lipinski definition) is 4. The monoisotopic (exact) mass is 366 g/mol. The molecule has 0 fully saturated rings. The summed E-state index contributed by atoms with van der Waals surface area (Å²) >= 11 is 3.50. The molecule has 5 nitrogen and oxygen atoms in total. The lowest BCUT2D eigenvalue weighted by Gasteiger charge is -2.28. The molecule has 1 aromatic rings. The summed E-state index contributed by atoms with van der Waals surface area (Å²) in [5, 5.41) is 14.8. The lowest BCUT2D eigenvalue weighted by molar-refractivity contribution is 0.135. The van der Waals surface area contributed by atoms with Crippen molar-refractivity contribution < 1.29 is 13.5 Å². The number of aryl methyl sites for hydroxylation is 2. The molecule has 1 atom stereocenters. The largest absolute Gasteiger partial charge is 0.391 e. The zero-order chi connectivity index (χ0) is 15.7. The van der Waals surface area contributed by atoms with Gasteiger partial charge in [-0.3, -0.25) is 4.68 Å². The molecule has 1 aromatic heterocycles. The van der Waals surface area contributed by atoms with E-state index in [4.69, 9.17) is 0 Å². The molecule has 0 aliphatic rings. The Hall–Kier alpha value is -0.400. The minimum Gasteiger partial charge on any atom is -0.391 e. The van der Waals surface area contributed by atoms with Gasteiger partial charge in [-0.05, 0) is 43.1 Å². The molecule has 0 spiro atoms. The molecule has 0 amide bonds. The van der Waals surface area contributed by atoms with Gasteiger partial charge in [-0.15, -0.1) is 0 Å². The highest BCUT2D eigenvalue weighted by molar-refractivity contribution is 9.10. The average Bonchev–Trinajstić information content (AvgIpc) is 2.64. The molecular formula is C13H23BrN2O3S. The van der Waals surface area contributed by atoms with Crippen molar-refractivity contribution in [2.24, 2.45) is 0 Å². The van der Waals surface area contributed by atoms with Crippen molar-refractivity contribution in [3.63, 3.8) is 0 Å². The highest BCUT2D eigenvalue weighted by Gasteiger charge is 2.39. The smallest absolute Gasteiger partial charge is 0.155 e. The van der Waals surface area contributed by atoms with Crippen LogP contribution in [0.4, 0.5) is 0 Å². The van der Waals surface area contributed by atoms with E-state index in [0.717, 1.165) is 28.5 Å². The number of halogens is 1. The third kappa shape index (κ3) is 3.26. The summed E-state index contributed by atoms with van der Waals surface area (Å²) < 4.78 is 25.1. The Labute approximate surface area is 129 Å². The maximum atomic E-state index is 11.8. The lowest BCUT2D eigenvalue weighted by atomic mass is 10.0. The first-order valence-electron chi connectivity index (χ1n) is 6.67. The van der Waals surface area contributed by atoms with E-state index in [0.29, 0.717) is 6.54 Å². The Morgan fingerprint density at radius 3 is 2.35 bits per heavy atom. The van der Waals surface area contributed by atoms with E-state index in [1.165, 1.54) is 0 Å². The Morgan fingerprint density at radius 1 is 1.40 bits per heavy atom. The lowest BCUT2D eigenvalue weighted by Crippen LogP contribution is -2.44. The van der Waals surface area contributed by atoms with Crippen molar-refractivity contribution in [1.29, 1.82) is 0 Å². The van der Waals surface area contributed by atoms with E-state index < -0.39 is 20.7 Å². The minimum absolute atomic E-state index is 0.251. The fourth-order valence-corrected chi connectivity index (χ4v) is 3.19. The molecule has 0 aliphatic heterocycles. The number of aliphatic hydroxyl groups is 1. The second kappa shape index (κ2) is 6.15. The number of rotatable bonds is 6. The number of aromatic nitrogens is 2. The number of nitrogens with zero attached hydrogens (tertiary/aromatic N) is 2. The highest BCUT2D eigenvalue weighted by Crippen LogP contribution is 2.28. The van der Waals surface area contributed by atoms with Gasteiger partial charge >= 0.3 is 0 Å². The van der Waals surface area contributed by atoms with Crippen LogP contribution < -0.4 is 0 Å². The summed E-state index contributed by atoms with van der Waals surface area (Å²) in [6.45, 7) is 7.76. The van der Waals surface area contributed by atoms with Crippen molar-refractivity contribution in [3.8, 4) is 0 Å². The van der Waals surface area contributed by atoms with Crippen LogP contribution in [0, 0.1) is 0 Å². The van der Waals surface area contributed by atoms with Gasteiger partial charge in [0.05, 0.1) is 26.7 Å². The van der Waals surface area contributed by atoms with Gasteiger partial charge < -0.3 is 5.11 Å². The van der Waals surface area contributed by atoms with Crippen LogP contribution in [0.3, 0.4) is 0 Å². The standard InChI is InChI=1S/C13H23BrN2O3S/c1-6-9-12(14)10(16(7-2)15-9)8-11(17)13(3,4)20(5,18)19/h11,17H,6-8H2,1-5H3. The molecule has 0 aliphatic carbocycles. The average molecular weight is 367 g/mol. The van der Waals surface area contributed by atoms with Crippen LogP contribution in [-0.2, 0) is 29.2 Å². The molecule has 7 heteroatoms. The third-order valence-corrected chi connectivity index (χ3v) is 6.94. The minimum atomic E-state index is -3.35. The second-order valence-electron chi connectivity index (χ2n) is 5.47. The topological polar surface area (TPSA) is 72.2 Å². The van der Waals surface area contributed by atoms with E-state index in [1.54, 1.807) is 13.8 Å². The Balaban J connectivity index is 3.14. The van der Waals surface area contributed by atoms with Crippen LogP contribution in [0.2, 0.25) is 0 Å². The van der Waals surface area contributed by atoms with Crippen LogP contribution in [0.1, 0.15) is 39.1 Å². The fourth-order valence-electron chi connectivity index (χ4n) is 1.89. The van der Waals surface area contributed by atoms with Crippen LogP contribution in [-0.4, -0.2) is 40.4 Å². The van der Waals surface area contributed by atoms with Gasteiger partial charge in [0.1, 0.15) is 0 Å². The molecule has 0 aromatic carbocycles. The summed E-state index contributed by atoms with van der Waals surface area (Å²) in [7, 11) is -3.35. The van der Waals surface area contributed by atoms with Gasteiger partial charge in [0.15, 0.2) is 9.84 Å². The van der Waals surface area contributed by atoms with Gasteiger partial charge in [-0.1, -0.05) is 6.92 Å². The van der Waals surface area contributed by atoms with Crippen molar-refractivity contribution in [3.05, 3.63) is 15.9 Å². The molecule has 1 unspecified atom stereocenters. The van der Waals surface area contributed by atoms with Gasteiger partial charge in [-0.2, -0.15) is 5.10 Å². The number of sulfone groups is 1. The van der Waals surface area contributed by atoms with E-state index in [9.17, 15) is 13.5 Å². The number of aliphatic hydroxyl groups excluding tert-OH is 1. The molecule has 0 bridgehead atoms. The predicted molar refractivity (Wildman–Crippen MR) is 83.6 cm³/mol. The first-order valence-corrected chi connectivity index (χ1v) is 9.36. The Morgan fingerprint density at radius 2 is 1.95 bits per heavy atom. The fraction of sp³-hybridized carbons (Fsp3) is 0.769. The van der Waals surface area contributed by atoms with Crippen molar-refractivity contribution in [2.75, 3.05) is 6.26 Å². The maximum Gasteiger partial charge on any atom is 0.155 e. The highest BCUT2D eigenvalue weighted by atomic mass is 79.9. The molecule has 1 heterocycles. The van der Waals surface area contributed by atoms with E-state index >= 15 is 0 Å². The van der Waals surface area contributed by atoms with Crippen LogP contribution >= 0.6 is 15.9 Å². The van der Waals surface area contributed by atoms with Crippen molar-refractivity contribution in [2.45, 2.75) is 57.9 Å². The zero-order valence-corrected chi connectivity index (χ0v) is 15.0. The van der Waals surface area contributed by atoms with E-state index in [2.05, 4.69) is 21.0 Å². The van der Waals surface area contributed by atoms with Crippen LogP contribution in [0.5, 0.6) is 0 Å². The summed E-state index contributed by atoms with van der Waals surface area (Å²) in [6.07, 6.45) is 1.20. The van der Waals surface area contributed by atoms with Gasteiger partial charge in [0.25, 0.3) is 0 Å². The first kappa shape index (κ1) is 17.7. The molecule has 1 rings (SSSR count). The summed E-state index contributed by atoms with van der Waals surface area (Å²) in [5.41, 5.74) is 1.76. The third-order valence-electron chi connectivity index (χ3n) is 3.84. The predicted octanol–water partition coefficient (Wildman–Crippen LogP) is 1.95. The first-order chi connectivity index (χ1) is 9.06. The molecule has 1 N–H and O–H groups in total. The maximum absolute atomic E-state index is 11.8. The Kier molecular flexibility index (Phi) is 5.43. The molecule has 20 heavy (non-hydrogen) atoms. The van der Waals surface area contributed by atoms with Crippen molar-refractivity contribution >= 4 is 25.8 Å². The van der Waals surface area contributed by atoms with Crippen LogP contribution in [0.25, 0.3) is 0 Å². The van der Waals surface area contributed by atoms with Gasteiger partial charge in [0, 0.05) is 19.2 Å². The molecule has 0 saturated carbocycles. The Bertz CT molecular complexity index is 579. The molecule has 116 valence electrons. The van der Waals surface area contributed by atoms with Crippen LogP contribution in [0.15, 0.2) is 4.47 Å². The summed E-state index contributed by atoms with van der Waals surface area (Å²) in [4.78, 5) is 0. The SMILES string of the molecule is CCc1nn(CC)c(CC(O)C(C)(C)S(C)(=O)=O)c1Br. The summed E-state index contributed by atoms with van der Waals surface area (Å²) in [6, 6.07) is 0. The quantitative estimate of drug-likeness (QED) is 0.834. The normalized spacial score (nSPS) is 14.6. The van der Waals surface area contributed by atoms with E-state index in [1.807, 2.05) is 18.5 Å². The van der Waals surface area contributed by atoms with E-state index in [-0.39, 0.29) is 6.42 Å². The van der Waals surface area contributed by atoms with Gasteiger partial charge in [0.2, 0.25) is 0 Å². The molecule has 0 saturated heterocycles.